The molecule has 4 aliphatic carbocycles. The molecule has 11 atom stereocenters. The minimum absolute atomic E-state index is 0.140. The summed E-state index contributed by atoms with van der Waals surface area (Å²) >= 11 is 0. The predicted octanol–water partition coefficient (Wildman–Crippen LogP) is 4.63. The molecule has 0 radical (unpaired) electrons. The van der Waals surface area contributed by atoms with Gasteiger partial charge in [-0.25, -0.2) is 0 Å². The molecular formula is C27H43NO2. The van der Waals surface area contributed by atoms with Gasteiger partial charge in [0.05, 0.1) is 12.2 Å². The lowest BCUT2D eigenvalue weighted by Crippen LogP contribution is -2.58. The van der Waals surface area contributed by atoms with Crippen molar-refractivity contribution in [3.8, 4) is 0 Å². The van der Waals surface area contributed by atoms with E-state index in [2.05, 4.69) is 25.7 Å². The Morgan fingerprint density at radius 2 is 1.73 bits per heavy atom. The van der Waals surface area contributed by atoms with Gasteiger partial charge in [0, 0.05) is 19.1 Å². The van der Waals surface area contributed by atoms with Crippen molar-refractivity contribution in [3.05, 3.63) is 11.1 Å². The molecule has 2 aliphatic heterocycles. The van der Waals surface area contributed by atoms with Crippen LogP contribution in [0.4, 0.5) is 0 Å². The number of aliphatic hydroxyl groups is 2. The van der Waals surface area contributed by atoms with Gasteiger partial charge in [-0.05, 0) is 105 Å². The fourth-order valence-corrected chi connectivity index (χ4v) is 9.80. The maximum Gasteiger partial charge on any atom is 0.0614 e. The number of piperidine rings is 2. The summed E-state index contributed by atoms with van der Waals surface area (Å²) in [5.74, 6) is 5.34. The molecule has 0 bridgehead atoms. The number of aliphatic hydroxyl groups excluding tert-OH is 2. The summed E-state index contributed by atoms with van der Waals surface area (Å²) in [5, 5.41) is 21.4. The summed E-state index contributed by atoms with van der Waals surface area (Å²) < 4.78 is 0. The van der Waals surface area contributed by atoms with Gasteiger partial charge >= 0.3 is 0 Å². The maximum atomic E-state index is 11.1. The first kappa shape index (κ1) is 20.2. The molecule has 6 aliphatic rings. The van der Waals surface area contributed by atoms with E-state index < -0.39 is 0 Å². The smallest absolute Gasteiger partial charge is 0.0614 e. The summed E-state index contributed by atoms with van der Waals surface area (Å²) in [6.45, 7) is 10.1. The van der Waals surface area contributed by atoms with Crippen LogP contribution in [0.3, 0.4) is 0 Å². The average molecular weight is 414 g/mol. The van der Waals surface area contributed by atoms with Crippen LogP contribution in [-0.2, 0) is 0 Å². The van der Waals surface area contributed by atoms with E-state index in [1.165, 1.54) is 45.2 Å². The van der Waals surface area contributed by atoms with Gasteiger partial charge in [0.2, 0.25) is 0 Å². The Kier molecular flexibility index (Phi) is 4.76. The quantitative estimate of drug-likeness (QED) is 0.569. The van der Waals surface area contributed by atoms with Gasteiger partial charge in [-0.2, -0.15) is 0 Å². The molecule has 3 heteroatoms. The molecule has 1 unspecified atom stereocenters. The van der Waals surface area contributed by atoms with E-state index in [1.807, 2.05) is 0 Å². The molecule has 2 saturated heterocycles. The van der Waals surface area contributed by atoms with E-state index in [4.69, 9.17) is 0 Å². The van der Waals surface area contributed by atoms with Crippen molar-refractivity contribution in [2.45, 2.75) is 96.8 Å². The van der Waals surface area contributed by atoms with Gasteiger partial charge in [0.15, 0.2) is 0 Å². The van der Waals surface area contributed by atoms with E-state index in [-0.39, 0.29) is 23.5 Å². The monoisotopic (exact) mass is 413 g/mol. The van der Waals surface area contributed by atoms with E-state index in [1.54, 1.807) is 11.1 Å². The van der Waals surface area contributed by atoms with Crippen molar-refractivity contribution < 1.29 is 10.2 Å². The zero-order valence-electron chi connectivity index (χ0n) is 19.4. The van der Waals surface area contributed by atoms with Crippen LogP contribution in [0.2, 0.25) is 0 Å². The fourth-order valence-electron chi connectivity index (χ4n) is 9.80. The molecule has 0 amide bonds. The van der Waals surface area contributed by atoms with Crippen LogP contribution in [0.1, 0.15) is 78.6 Å². The summed E-state index contributed by atoms with van der Waals surface area (Å²) in [4.78, 5) is 2.90. The van der Waals surface area contributed by atoms with Gasteiger partial charge in [0.25, 0.3) is 0 Å². The molecular weight excluding hydrogens is 370 g/mol. The number of rotatable bonds is 0. The Morgan fingerprint density at radius 3 is 2.57 bits per heavy atom. The van der Waals surface area contributed by atoms with Crippen molar-refractivity contribution in [1.82, 2.24) is 4.90 Å². The zero-order valence-corrected chi connectivity index (χ0v) is 19.4. The third-order valence-electron chi connectivity index (χ3n) is 11.3. The van der Waals surface area contributed by atoms with Gasteiger partial charge in [-0.15, -0.1) is 0 Å². The summed E-state index contributed by atoms with van der Waals surface area (Å²) in [6.07, 6.45) is 10.2. The topological polar surface area (TPSA) is 43.7 Å². The first-order chi connectivity index (χ1) is 14.4. The molecule has 168 valence electrons. The van der Waals surface area contributed by atoms with Gasteiger partial charge in [-0.3, -0.25) is 4.90 Å². The van der Waals surface area contributed by atoms with Gasteiger partial charge < -0.3 is 10.2 Å². The second kappa shape index (κ2) is 7.06. The molecule has 6 rings (SSSR count). The lowest BCUT2D eigenvalue weighted by Gasteiger charge is -2.56. The molecule has 30 heavy (non-hydrogen) atoms. The van der Waals surface area contributed by atoms with Gasteiger partial charge in [0.1, 0.15) is 0 Å². The molecule has 0 aromatic heterocycles. The van der Waals surface area contributed by atoms with E-state index >= 15 is 0 Å². The standard InChI is InChI=1S/C27H43NO2/c1-15-4-7-25-16(2)18-5-6-19-20(22(18)14-28(25)13-15)11-23-21(19)12-26(30)24-10-17(29)8-9-27(23,24)3/h15-20,22,24-26,29-30H,4-14H2,1-3H3/t15-,16?,17-,18-,19-,20-,22-,24-,25+,26-,27-/m1/s1. The first-order valence-electron chi connectivity index (χ1n) is 13.2. The lowest BCUT2D eigenvalue weighted by molar-refractivity contribution is -0.0670. The molecule has 2 heterocycles. The van der Waals surface area contributed by atoms with Gasteiger partial charge in [-0.1, -0.05) is 31.9 Å². The second-order valence-corrected chi connectivity index (χ2v) is 12.7. The van der Waals surface area contributed by atoms with Crippen LogP contribution >= 0.6 is 0 Å². The molecule has 0 aromatic carbocycles. The van der Waals surface area contributed by atoms with Crippen molar-refractivity contribution in [1.29, 1.82) is 0 Å². The Morgan fingerprint density at radius 1 is 0.900 bits per heavy atom. The number of fused-ring (bicyclic) bond motifs is 7. The molecule has 4 fully saturated rings. The number of allylic oxidation sites excluding steroid dienone is 1. The normalized spacial score (nSPS) is 55.9. The Bertz CT molecular complexity index is 730. The Labute approximate surface area is 183 Å². The van der Waals surface area contributed by atoms with Crippen molar-refractivity contribution in [3.63, 3.8) is 0 Å². The maximum absolute atomic E-state index is 11.1. The van der Waals surface area contributed by atoms with Crippen LogP contribution in [0.25, 0.3) is 0 Å². The first-order valence-corrected chi connectivity index (χ1v) is 13.2. The minimum atomic E-state index is -0.238. The molecule has 2 saturated carbocycles. The fraction of sp³-hybridized carbons (Fsp3) is 0.926. The highest BCUT2D eigenvalue weighted by Crippen LogP contribution is 2.64. The third kappa shape index (κ3) is 2.80. The SMILES string of the molecule is CC1[C@H]2CC[C@H]3C4=C(C[C@H]3[C@@H]2CN2C[C@H](C)CC[C@@H]12)[C@@]1(C)CC[C@@H](O)C[C@@H]1[C@H](O)C4. The molecule has 0 spiro atoms. The highest BCUT2D eigenvalue weighted by Gasteiger charge is 2.57. The van der Waals surface area contributed by atoms with Crippen LogP contribution in [-0.4, -0.2) is 46.5 Å². The Hall–Kier alpha value is -0.380. The summed E-state index contributed by atoms with van der Waals surface area (Å²) in [5.41, 5.74) is 3.58. The van der Waals surface area contributed by atoms with Crippen molar-refractivity contribution >= 4 is 0 Å². The molecule has 0 aromatic rings. The summed E-state index contributed by atoms with van der Waals surface area (Å²) in [6, 6.07) is 0.839. The van der Waals surface area contributed by atoms with Crippen LogP contribution in [0.15, 0.2) is 11.1 Å². The third-order valence-corrected chi connectivity index (χ3v) is 11.3. The van der Waals surface area contributed by atoms with E-state index in [0.717, 1.165) is 67.2 Å². The molecule has 2 N–H and O–H groups in total. The largest absolute Gasteiger partial charge is 0.393 e. The van der Waals surface area contributed by atoms with Crippen LogP contribution in [0, 0.1) is 46.8 Å². The highest BCUT2D eigenvalue weighted by atomic mass is 16.3. The highest BCUT2D eigenvalue weighted by molar-refractivity contribution is 5.36. The zero-order chi connectivity index (χ0) is 20.8. The van der Waals surface area contributed by atoms with Crippen LogP contribution in [0.5, 0.6) is 0 Å². The summed E-state index contributed by atoms with van der Waals surface area (Å²) in [7, 11) is 0. The second-order valence-electron chi connectivity index (χ2n) is 12.7. The van der Waals surface area contributed by atoms with Crippen molar-refractivity contribution in [2.24, 2.45) is 46.8 Å². The van der Waals surface area contributed by atoms with E-state index in [0.29, 0.717) is 0 Å². The Balaban J connectivity index is 1.30. The minimum Gasteiger partial charge on any atom is -0.393 e. The predicted molar refractivity (Wildman–Crippen MR) is 120 cm³/mol. The number of hydrogen-bond acceptors (Lipinski definition) is 3. The van der Waals surface area contributed by atoms with Crippen LogP contribution < -0.4 is 0 Å². The van der Waals surface area contributed by atoms with E-state index in [9.17, 15) is 10.2 Å². The lowest BCUT2D eigenvalue weighted by atomic mass is 9.56. The van der Waals surface area contributed by atoms with Crippen molar-refractivity contribution in [2.75, 3.05) is 13.1 Å². The number of hydrogen-bond donors (Lipinski definition) is 2. The molecule has 3 nitrogen and oxygen atoms in total. The average Bonchev–Trinajstić information content (AvgIpc) is 3.09. The number of nitrogens with zero attached hydrogens (tertiary/aromatic N) is 1.